The Bertz CT molecular complexity index is 371. The first-order chi connectivity index (χ1) is 7.32. The molecule has 3 nitrogen and oxygen atoms in total. The van der Waals surface area contributed by atoms with Crippen LogP contribution in [0.3, 0.4) is 0 Å². The Labute approximate surface area is 97.1 Å². The van der Waals surface area contributed by atoms with Gasteiger partial charge in [0.1, 0.15) is 5.69 Å². The van der Waals surface area contributed by atoms with Crippen molar-refractivity contribution in [1.82, 2.24) is 0 Å². The topological polar surface area (TPSA) is 46.1 Å². The molecule has 16 heavy (non-hydrogen) atoms. The Hall–Kier alpha value is -0.835. The first-order valence-electron chi connectivity index (χ1n) is 5.59. The summed E-state index contributed by atoms with van der Waals surface area (Å²) in [6, 6.07) is 7.95. The third kappa shape index (κ3) is 1.88. The molecule has 2 rings (SSSR count). The zero-order valence-corrected chi connectivity index (χ0v) is 10.4. The Kier molecular flexibility index (Phi) is 2.61. The minimum atomic E-state index is -0.277. The molecule has 0 atom stereocenters. The van der Waals surface area contributed by atoms with Crippen LogP contribution in [0, 0.1) is 0 Å². The predicted molar refractivity (Wildman–Crippen MR) is 64.7 cm³/mol. The lowest BCUT2D eigenvalue weighted by atomic mass is 9.79. The van der Waals surface area contributed by atoms with Crippen molar-refractivity contribution in [2.24, 2.45) is 0 Å². The van der Waals surface area contributed by atoms with E-state index in [1.165, 1.54) is 0 Å². The largest absolute Gasteiger partial charge is 0.494 e. The molecule has 1 fully saturated rings. The first-order valence-corrected chi connectivity index (χ1v) is 5.59. The van der Waals surface area contributed by atoms with Crippen molar-refractivity contribution in [3.05, 3.63) is 24.3 Å². The highest BCUT2D eigenvalue weighted by Crippen LogP contribution is 2.36. The van der Waals surface area contributed by atoms with Crippen LogP contribution in [0.2, 0.25) is 0 Å². The molecule has 1 aliphatic rings. The van der Waals surface area contributed by atoms with Gasteiger partial charge in [0.05, 0.1) is 11.2 Å². The smallest absolute Gasteiger partial charge is 0.399 e. The standard InChI is InChI=1S/C12H18BNO2/c1-11(2)12(3,4)16-13(15-11)9-5-7-10(14)8-6-9/h5-8H,14H2,1-4H3/p+1. The summed E-state index contributed by atoms with van der Waals surface area (Å²) in [5.74, 6) is 0. The van der Waals surface area contributed by atoms with Crippen LogP contribution >= 0.6 is 0 Å². The highest BCUT2D eigenvalue weighted by Gasteiger charge is 2.51. The Morgan fingerprint density at radius 1 is 0.938 bits per heavy atom. The van der Waals surface area contributed by atoms with Crippen molar-refractivity contribution in [2.45, 2.75) is 38.9 Å². The highest BCUT2D eigenvalue weighted by atomic mass is 16.7. The lowest BCUT2D eigenvalue weighted by Gasteiger charge is -2.32. The van der Waals surface area contributed by atoms with Gasteiger partial charge in [-0.3, -0.25) is 0 Å². The van der Waals surface area contributed by atoms with E-state index < -0.39 is 0 Å². The van der Waals surface area contributed by atoms with Crippen molar-refractivity contribution in [3.63, 3.8) is 0 Å². The third-order valence-electron chi connectivity index (χ3n) is 3.51. The van der Waals surface area contributed by atoms with Crippen LogP contribution < -0.4 is 11.2 Å². The zero-order chi connectivity index (χ0) is 12.0. The molecule has 1 aromatic rings. The average Bonchev–Trinajstić information content (AvgIpc) is 2.37. The molecule has 1 saturated heterocycles. The molecule has 0 radical (unpaired) electrons. The summed E-state index contributed by atoms with van der Waals surface area (Å²) in [5, 5.41) is 0. The Morgan fingerprint density at radius 2 is 1.38 bits per heavy atom. The van der Waals surface area contributed by atoms with Crippen molar-refractivity contribution < 1.29 is 15.0 Å². The maximum absolute atomic E-state index is 5.95. The van der Waals surface area contributed by atoms with Gasteiger partial charge in [-0.2, -0.15) is 0 Å². The molecular formula is C12H19BNO2+. The summed E-state index contributed by atoms with van der Waals surface area (Å²) in [6.45, 7) is 8.23. The molecule has 0 amide bonds. The average molecular weight is 220 g/mol. The molecular weight excluding hydrogens is 201 g/mol. The Morgan fingerprint density at radius 3 is 1.81 bits per heavy atom. The second-order valence-corrected chi connectivity index (χ2v) is 5.33. The molecule has 0 aromatic heterocycles. The number of benzene rings is 1. The molecule has 86 valence electrons. The molecule has 1 aromatic carbocycles. The quantitative estimate of drug-likeness (QED) is 0.713. The SMILES string of the molecule is CC1(C)OB(c2ccc([NH3+])cc2)OC1(C)C. The maximum Gasteiger partial charge on any atom is 0.494 e. The summed E-state index contributed by atoms with van der Waals surface area (Å²) in [5.41, 5.74) is 5.36. The van der Waals surface area contributed by atoms with E-state index >= 15 is 0 Å². The van der Waals surface area contributed by atoms with Gasteiger partial charge in [-0.15, -0.1) is 0 Å². The van der Waals surface area contributed by atoms with E-state index in [9.17, 15) is 0 Å². The van der Waals surface area contributed by atoms with Crippen LogP contribution in [0.4, 0.5) is 5.69 Å². The second-order valence-electron chi connectivity index (χ2n) is 5.33. The van der Waals surface area contributed by atoms with Gasteiger partial charge in [-0.1, -0.05) is 12.1 Å². The van der Waals surface area contributed by atoms with Gasteiger partial charge >= 0.3 is 7.12 Å². The van der Waals surface area contributed by atoms with E-state index in [0.717, 1.165) is 11.2 Å². The van der Waals surface area contributed by atoms with E-state index in [4.69, 9.17) is 9.31 Å². The van der Waals surface area contributed by atoms with Gasteiger partial charge in [0.15, 0.2) is 0 Å². The fourth-order valence-corrected chi connectivity index (χ4v) is 1.65. The molecule has 0 saturated carbocycles. The van der Waals surface area contributed by atoms with E-state index in [2.05, 4.69) is 33.4 Å². The van der Waals surface area contributed by atoms with Gasteiger partial charge in [0.25, 0.3) is 0 Å². The molecule has 1 aliphatic heterocycles. The van der Waals surface area contributed by atoms with E-state index in [0.29, 0.717) is 0 Å². The van der Waals surface area contributed by atoms with E-state index in [1.54, 1.807) is 0 Å². The number of rotatable bonds is 1. The monoisotopic (exact) mass is 220 g/mol. The normalized spacial score (nSPS) is 22.4. The fraction of sp³-hybridized carbons (Fsp3) is 0.500. The lowest BCUT2D eigenvalue weighted by molar-refractivity contribution is -0.254. The molecule has 0 bridgehead atoms. The fourth-order valence-electron chi connectivity index (χ4n) is 1.65. The highest BCUT2D eigenvalue weighted by molar-refractivity contribution is 6.62. The molecule has 0 unspecified atom stereocenters. The summed E-state index contributed by atoms with van der Waals surface area (Å²) in [7, 11) is -0.273. The molecule has 0 aliphatic carbocycles. The van der Waals surface area contributed by atoms with Crippen LogP contribution in [0.25, 0.3) is 0 Å². The van der Waals surface area contributed by atoms with Gasteiger partial charge in [0.2, 0.25) is 0 Å². The van der Waals surface area contributed by atoms with Crippen LogP contribution in [-0.2, 0) is 9.31 Å². The third-order valence-corrected chi connectivity index (χ3v) is 3.51. The van der Waals surface area contributed by atoms with Crippen molar-refractivity contribution in [1.29, 1.82) is 0 Å². The van der Waals surface area contributed by atoms with Gasteiger partial charge < -0.3 is 15.0 Å². The van der Waals surface area contributed by atoms with Gasteiger partial charge in [-0.05, 0) is 45.3 Å². The maximum atomic E-state index is 5.95. The lowest BCUT2D eigenvalue weighted by Crippen LogP contribution is -2.41. The van der Waals surface area contributed by atoms with E-state index in [-0.39, 0.29) is 18.3 Å². The van der Waals surface area contributed by atoms with Gasteiger partial charge in [0, 0.05) is 0 Å². The predicted octanol–water partition coefficient (Wildman–Crippen LogP) is 0.859. The molecule has 3 N–H and O–H groups in total. The molecule has 4 heteroatoms. The summed E-state index contributed by atoms with van der Waals surface area (Å²) in [4.78, 5) is 0. The Balaban J connectivity index is 2.23. The summed E-state index contributed by atoms with van der Waals surface area (Å²) in [6.07, 6.45) is 0. The number of quaternary nitrogens is 1. The van der Waals surface area contributed by atoms with Crippen molar-refractivity contribution in [2.75, 3.05) is 0 Å². The van der Waals surface area contributed by atoms with E-state index in [1.807, 2.05) is 24.3 Å². The van der Waals surface area contributed by atoms with Crippen molar-refractivity contribution in [3.8, 4) is 0 Å². The second kappa shape index (κ2) is 3.59. The summed E-state index contributed by atoms with van der Waals surface area (Å²) >= 11 is 0. The molecule has 0 spiro atoms. The van der Waals surface area contributed by atoms with Crippen LogP contribution in [0.1, 0.15) is 27.7 Å². The van der Waals surface area contributed by atoms with Crippen LogP contribution in [-0.4, -0.2) is 18.3 Å². The zero-order valence-electron chi connectivity index (χ0n) is 10.4. The van der Waals surface area contributed by atoms with Crippen LogP contribution in [0.15, 0.2) is 24.3 Å². The number of hydrogen-bond acceptors (Lipinski definition) is 2. The van der Waals surface area contributed by atoms with Crippen molar-refractivity contribution >= 4 is 18.3 Å². The summed E-state index contributed by atoms with van der Waals surface area (Å²) < 4.78 is 11.9. The van der Waals surface area contributed by atoms with Gasteiger partial charge in [-0.25, -0.2) is 0 Å². The van der Waals surface area contributed by atoms with Crippen LogP contribution in [0.5, 0.6) is 0 Å². The minimum Gasteiger partial charge on any atom is -0.399 e. The number of hydrogen-bond donors (Lipinski definition) is 1. The molecule has 1 heterocycles. The minimum absolute atomic E-state index is 0.273. The first kappa shape index (κ1) is 11.6.